The van der Waals surface area contributed by atoms with Crippen molar-refractivity contribution < 1.29 is 0 Å². The van der Waals surface area contributed by atoms with Crippen molar-refractivity contribution in [2.45, 2.75) is 40.0 Å². The smallest absolute Gasteiger partial charge is 0.252 e. The standard InChI is InChI=1S/C58H39BN2/c1-30-20-21-51-40(22-30)41-24-32(3)27-49-54(41)60(51)56-44(37-17-11-15-35-34(5)12-10-16-36(35)37)29-48-57-52(56)59(49)50-28-33(4)25-43-42-23-31(2)26-47(53(42)61(57)55(43)50)58(48)45-18-8-6-13-38(45)39-14-7-9-19-46(39)58/h6-29H,1-5H3. The van der Waals surface area contributed by atoms with Gasteiger partial charge in [0.15, 0.2) is 0 Å². The maximum absolute atomic E-state index is 2.75. The van der Waals surface area contributed by atoms with Crippen LogP contribution >= 0.6 is 0 Å². The van der Waals surface area contributed by atoms with Crippen molar-refractivity contribution in [1.82, 2.24) is 9.13 Å². The number of rotatable bonds is 1. The minimum atomic E-state index is -0.545. The van der Waals surface area contributed by atoms with Crippen LogP contribution in [0.3, 0.4) is 0 Å². The first-order valence-corrected chi connectivity index (χ1v) is 21.9. The molecular weight excluding hydrogens is 735 g/mol. The summed E-state index contributed by atoms with van der Waals surface area (Å²) >= 11 is 0. The minimum Gasteiger partial charge on any atom is -0.310 e. The van der Waals surface area contributed by atoms with Gasteiger partial charge in [-0.3, -0.25) is 0 Å². The van der Waals surface area contributed by atoms with E-state index in [4.69, 9.17) is 0 Å². The molecule has 0 saturated carbocycles. The molecule has 284 valence electrons. The maximum Gasteiger partial charge on any atom is 0.252 e. The fourth-order valence-corrected chi connectivity index (χ4v) is 13.3. The Labute approximate surface area is 354 Å². The van der Waals surface area contributed by atoms with Gasteiger partial charge in [-0.15, -0.1) is 0 Å². The van der Waals surface area contributed by atoms with Gasteiger partial charge in [0.25, 0.3) is 6.71 Å². The molecule has 15 rings (SSSR count). The molecule has 3 aliphatic heterocycles. The highest BCUT2D eigenvalue weighted by Gasteiger charge is 2.55. The summed E-state index contributed by atoms with van der Waals surface area (Å²) in [4.78, 5) is 0. The van der Waals surface area contributed by atoms with E-state index >= 15 is 0 Å². The molecule has 2 nitrogen and oxygen atoms in total. The topological polar surface area (TPSA) is 9.86 Å². The van der Waals surface area contributed by atoms with Gasteiger partial charge in [0.2, 0.25) is 0 Å². The first kappa shape index (κ1) is 32.7. The van der Waals surface area contributed by atoms with Crippen LogP contribution in [-0.2, 0) is 5.41 Å². The minimum absolute atomic E-state index is 0.0338. The fourth-order valence-electron chi connectivity index (χ4n) is 13.3. The van der Waals surface area contributed by atoms with Gasteiger partial charge in [0.1, 0.15) is 0 Å². The van der Waals surface area contributed by atoms with E-state index in [0.717, 1.165) is 0 Å². The molecule has 0 N–H and O–H groups in total. The van der Waals surface area contributed by atoms with Crippen molar-refractivity contribution in [1.29, 1.82) is 0 Å². The molecule has 4 aliphatic rings. The van der Waals surface area contributed by atoms with Crippen LogP contribution in [-0.4, -0.2) is 15.8 Å². The highest BCUT2D eigenvalue weighted by atomic mass is 15.1. The van der Waals surface area contributed by atoms with Gasteiger partial charge >= 0.3 is 0 Å². The van der Waals surface area contributed by atoms with E-state index in [1.807, 2.05) is 0 Å². The fraction of sp³-hybridized carbons (Fsp3) is 0.103. The molecular formula is C58H39BN2. The normalized spacial score (nSPS) is 14.4. The molecule has 2 aromatic heterocycles. The van der Waals surface area contributed by atoms with Crippen LogP contribution in [0.15, 0.2) is 146 Å². The number of hydrogen-bond acceptors (Lipinski definition) is 0. The van der Waals surface area contributed by atoms with Gasteiger partial charge in [-0.1, -0.05) is 131 Å². The second-order valence-electron chi connectivity index (χ2n) is 18.7. The van der Waals surface area contributed by atoms with E-state index in [-0.39, 0.29) is 6.71 Å². The summed E-state index contributed by atoms with van der Waals surface area (Å²) in [6.07, 6.45) is 0. The molecule has 0 bridgehead atoms. The Morgan fingerprint density at radius 3 is 1.70 bits per heavy atom. The second-order valence-corrected chi connectivity index (χ2v) is 18.7. The van der Waals surface area contributed by atoms with E-state index in [1.54, 1.807) is 0 Å². The van der Waals surface area contributed by atoms with Gasteiger partial charge in [0, 0.05) is 43.8 Å². The molecule has 0 fully saturated rings. The zero-order chi connectivity index (χ0) is 40.4. The third kappa shape index (κ3) is 3.57. The number of fused-ring (bicyclic) bond motifs is 15. The largest absolute Gasteiger partial charge is 0.310 e. The highest BCUT2D eigenvalue weighted by molar-refractivity contribution is 7.00. The number of nitrogens with zero attached hydrogens (tertiary/aromatic N) is 2. The molecule has 1 spiro atoms. The van der Waals surface area contributed by atoms with Gasteiger partial charge in [-0.25, -0.2) is 0 Å². The van der Waals surface area contributed by atoms with Crippen molar-refractivity contribution >= 4 is 77.5 Å². The highest BCUT2D eigenvalue weighted by Crippen LogP contribution is 2.62. The summed E-state index contributed by atoms with van der Waals surface area (Å²) < 4.78 is 5.44. The van der Waals surface area contributed by atoms with Crippen molar-refractivity contribution in [2.24, 2.45) is 0 Å². The molecule has 1 aliphatic carbocycles. The molecule has 0 unspecified atom stereocenters. The lowest BCUT2D eigenvalue weighted by atomic mass is 9.33. The monoisotopic (exact) mass is 774 g/mol. The third-order valence-electron chi connectivity index (χ3n) is 15.3. The molecule has 0 saturated heterocycles. The Kier molecular flexibility index (Phi) is 5.69. The van der Waals surface area contributed by atoms with Crippen LogP contribution in [0.1, 0.15) is 50.1 Å². The van der Waals surface area contributed by atoms with Crippen LogP contribution in [0.2, 0.25) is 0 Å². The quantitative estimate of drug-likeness (QED) is 0.147. The Balaban J connectivity index is 1.28. The lowest BCUT2D eigenvalue weighted by Crippen LogP contribution is -2.60. The summed E-state index contributed by atoms with van der Waals surface area (Å²) in [7, 11) is 0. The molecule has 61 heavy (non-hydrogen) atoms. The van der Waals surface area contributed by atoms with Gasteiger partial charge < -0.3 is 9.13 Å². The summed E-state index contributed by atoms with van der Waals surface area (Å²) in [6, 6.07) is 57.3. The van der Waals surface area contributed by atoms with Gasteiger partial charge in [-0.2, -0.15) is 0 Å². The van der Waals surface area contributed by atoms with Gasteiger partial charge in [0.05, 0.1) is 22.1 Å². The Morgan fingerprint density at radius 2 is 0.967 bits per heavy atom. The average molecular weight is 775 g/mol. The Hall–Kier alpha value is -7.10. The van der Waals surface area contributed by atoms with E-state index in [0.29, 0.717) is 0 Å². The third-order valence-corrected chi connectivity index (χ3v) is 15.3. The van der Waals surface area contributed by atoms with Crippen LogP contribution < -0.4 is 16.4 Å². The van der Waals surface area contributed by atoms with Crippen LogP contribution in [0, 0.1) is 34.6 Å². The second kappa shape index (κ2) is 10.6. The summed E-state index contributed by atoms with van der Waals surface area (Å²) in [5.41, 5.74) is 29.1. The number of benzene rings is 9. The summed E-state index contributed by atoms with van der Waals surface area (Å²) in [5, 5.41) is 8.01. The maximum atomic E-state index is 2.75. The van der Waals surface area contributed by atoms with E-state index in [2.05, 4.69) is 189 Å². The zero-order valence-corrected chi connectivity index (χ0v) is 34.8. The van der Waals surface area contributed by atoms with E-state index < -0.39 is 5.41 Å². The molecule has 11 aromatic rings. The van der Waals surface area contributed by atoms with Crippen molar-refractivity contribution in [3.63, 3.8) is 0 Å². The van der Waals surface area contributed by atoms with Crippen LogP contribution in [0.25, 0.3) is 88.0 Å². The molecule has 0 radical (unpaired) electrons. The van der Waals surface area contributed by atoms with E-state index in [9.17, 15) is 0 Å². The lowest BCUT2D eigenvalue weighted by molar-refractivity contribution is 0.748. The first-order chi connectivity index (χ1) is 29.8. The summed E-state index contributed by atoms with van der Waals surface area (Å²) in [6.45, 7) is 11.5. The van der Waals surface area contributed by atoms with Gasteiger partial charge in [-0.05, 0) is 143 Å². The van der Waals surface area contributed by atoms with Crippen molar-refractivity contribution in [3.05, 3.63) is 196 Å². The molecule has 0 atom stereocenters. The Morgan fingerprint density at radius 1 is 0.377 bits per heavy atom. The molecule has 0 amide bonds. The predicted octanol–water partition coefficient (Wildman–Crippen LogP) is 12.1. The SMILES string of the molecule is Cc1ccc2c(c1)c1cc(C)cc3c1n2-c1c(-c2cccc4c(C)cccc24)cc2c4c1B3c1cc(C)cc3c5cc(C)cc(c5n-4c13)C21c2ccccc2-c2ccccc21. The number of hydrogen-bond donors (Lipinski definition) is 0. The van der Waals surface area contributed by atoms with Crippen LogP contribution in [0.5, 0.6) is 0 Å². The molecule has 9 aromatic carbocycles. The zero-order valence-electron chi connectivity index (χ0n) is 34.8. The molecule has 5 heterocycles. The average Bonchev–Trinajstić information content (AvgIpc) is 3.87. The number of aromatic nitrogens is 2. The van der Waals surface area contributed by atoms with Crippen molar-refractivity contribution in [3.8, 4) is 33.6 Å². The van der Waals surface area contributed by atoms with Crippen molar-refractivity contribution in [2.75, 3.05) is 0 Å². The Bertz CT molecular complexity index is 3900. The number of aryl methyl sites for hydroxylation is 5. The lowest BCUT2D eigenvalue weighted by Gasteiger charge is -2.45. The predicted molar refractivity (Wildman–Crippen MR) is 257 cm³/mol. The van der Waals surface area contributed by atoms with E-state index in [1.165, 1.54) is 154 Å². The van der Waals surface area contributed by atoms with Crippen LogP contribution in [0.4, 0.5) is 0 Å². The first-order valence-electron chi connectivity index (χ1n) is 21.9. The molecule has 3 heteroatoms. The summed E-state index contributed by atoms with van der Waals surface area (Å²) in [5.74, 6) is 0.